The van der Waals surface area contributed by atoms with Gasteiger partial charge < -0.3 is 14.7 Å². The fourth-order valence-corrected chi connectivity index (χ4v) is 3.10. The Morgan fingerprint density at radius 2 is 1.74 bits per heavy atom. The molecule has 1 N–H and O–H groups in total. The number of amides is 1. The van der Waals surface area contributed by atoms with E-state index in [0.29, 0.717) is 0 Å². The number of ether oxygens (including phenoxy) is 1. The number of halogens is 4. The van der Waals surface area contributed by atoms with Gasteiger partial charge in [-0.05, 0) is 12.8 Å². The molecule has 0 aromatic rings. The average Bonchev–Trinajstić information content (AvgIpc) is 2.91. The Morgan fingerprint density at radius 3 is 2.22 bits per heavy atom. The number of carboxylic acids is 1. The van der Waals surface area contributed by atoms with Crippen LogP contribution in [0.3, 0.4) is 0 Å². The molecule has 2 aliphatic rings. The molecule has 0 aromatic carbocycles. The first kappa shape index (κ1) is 20.0. The van der Waals surface area contributed by atoms with Crippen molar-refractivity contribution < 1.29 is 32.6 Å². The minimum absolute atomic E-state index is 0. The van der Waals surface area contributed by atoms with Crippen molar-refractivity contribution in [2.24, 2.45) is 11.8 Å². The van der Waals surface area contributed by atoms with E-state index >= 15 is 0 Å². The Kier molecular flexibility index (Phi) is 7.13. The number of carbonyl (C=O) groups is 2. The number of rotatable bonds is 4. The molecular weight excluding hydrogens is 339 g/mol. The predicted octanol–water partition coefficient (Wildman–Crippen LogP) is 2.48. The van der Waals surface area contributed by atoms with E-state index in [2.05, 4.69) is 0 Å². The maximum atomic E-state index is 12.9. The van der Waals surface area contributed by atoms with E-state index in [1.165, 1.54) is 0 Å². The monoisotopic (exact) mass is 359 g/mol. The highest BCUT2D eigenvalue weighted by Crippen LogP contribution is 2.37. The van der Waals surface area contributed by atoms with Gasteiger partial charge in [-0.3, -0.25) is 9.59 Å². The van der Waals surface area contributed by atoms with Crippen LogP contribution in [0.15, 0.2) is 0 Å². The summed E-state index contributed by atoms with van der Waals surface area (Å²) < 4.78 is 44.0. The normalized spacial score (nSPS) is 26.0. The zero-order chi connectivity index (χ0) is 16.3. The highest BCUT2D eigenvalue weighted by molar-refractivity contribution is 5.85. The Balaban J connectivity index is 0.00000264. The molecule has 1 amide bonds. The van der Waals surface area contributed by atoms with Crippen LogP contribution in [0.2, 0.25) is 0 Å². The van der Waals surface area contributed by atoms with E-state index in [-0.39, 0.29) is 25.1 Å². The number of hydrogen-bond donors (Lipinski definition) is 1. The molecule has 134 valence electrons. The van der Waals surface area contributed by atoms with Crippen molar-refractivity contribution in [3.8, 4) is 0 Å². The van der Waals surface area contributed by atoms with Crippen LogP contribution in [0, 0.1) is 11.8 Å². The maximum Gasteiger partial charge on any atom is 0.394 e. The summed E-state index contributed by atoms with van der Waals surface area (Å²) >= 11 is 0. The summed E-state index contributed by atoms with van der Waals surface area (Å²) in [5.41, 5.74) is 0. The lowest BCUT2D eigenvalue weighted by atomic mass is 9.96. The van der Waals surface area contributed by atoms with E-state index in [4.69, 9.17) is 9.84 Å². The molecule has 1 aliphatic carbocycles. The third-order valence-electron chi connectivity index (χ3n) is 4.40. The summed E-state index contributed by atoms with van der Waals surface area (Å²) in [6.07, 6.45) is 0.260. The molecule has 0 aromatic heterocycles. The van der Waals surface area contributed by atoms with Crippen molar-refractivity contribution in [1.82, 2.24) is 4.90 Å². The van der Waals surface area contributed by atoms with Crippen molar-refractivity contribution in [2.45, 2.75) is 44.4 Å². The van der Waals surface area contributed by atoms with E-state index in [0.717, 1.165) is 37.0 Å². The maximum absolute atomic E-state index is 12.9. The van der Waals surface area contributed by atoms with Gasteiger partial charge in [0.15, 0.2) is 0 Å². The number of carboxylic acid groups (broad SMARTS) is 1. The van der Waals surface area contributed by atoms with Gasteiger partial charge in [-0.2, -0.15) is 13.2 Å². The average molecular weight is 360 g/mol. The van der Waals surface area contributed by atoms with Crippen LogP contribution >= 0.6 is 12.4 Å². The van der Waals surface area contributed by atoms with Crippen LogP contribution < -0.4 is 0 Å². The molecule has 2 rings (SSSR count). The molecule has 0 bridgehead atoms. The van der Waals surface area contributed by atoms with Crippen LogP contribution in [0.4, 0.5) is 13.2 Å². The lowest BCUT2D eigenvalue weighted by molar-refractivity contribution is -0.188. The smallest absolute Gasteiger partial charge is 0.394 e. The molecule has 5 nitrogen and oxygen atoms in total. The first-order valence-electron chi connectivity index (χ1n) is 7.48. The van der Waals surface area contributed by atoms with Crippen molar-refractivity contribution >= 4 is 24.3 Å². The van der Waals surface area contributed by atoms with Gasteiger partial charge in [-0.15, -0.1) is 12.4 Å². The second-order valence-electron chi connectivity index (χ2n) is 5.96. The molecule has 0 radical (unpaired) electrons. The van der Waals surface area contributed by atoms with Crippen molar-refractivity contribution in [1.29, 1.82) is 0 Å². The van der Waals surface area contributed by atoms with Crippen molar-refractivity contribution in [3.63, 3.8) is 0 Å². The number of hydrogen-bond acceptors (Lipinski definition) is 3. The minimum atomic E-state index is -4.62. The molecule has 9 heteroatoms. The molecule has 1 heterocycles. The van der Waals surface area contributed by atoms with Crippen LogP contribution in [-0.2, 0) is 14.3 Å². The number of aliphatic carboxylic acids is 1. The fourth-order valence-electron chi connectivity index (χ4n) is 3.10. The van der Waals surface area contributed by atoms with Gasteiger partial charge in [0, 0.05) is 13.1 Å². The van der Waals surface area contributed by atoms with Gasteiger partial charge in [0.25, 0.3) is 0 Å². The molecule has 23 heavy (non-hydrogen) atoms. The molecule has 0 spiro atoms. The third-order valence-corrected chi connectivity index (χ3v) is 4.40. The minimum Gasteiger partial charge on any atom is -0.481 e. The fraction of sp³-hybridized carbons (Fsp3) is 0.857. The van der Waals surface area contributed by atoms with E-state index in [1.807, 2.05) is 0 Å². The zero-order valence-electron chi connectivity index (χ0n) is 12.6. The number of alkyl halides is 3. The molecule has 0 unspecified atom stereocenters. The Morgan fingerprint density at radius 1 is 1.13 bits per heavy atom. The lowest BCUT2D eigenvalue weighted by Gasteiger charge is -2.23. The van der Waals surface area contributed by atoms with Gasteiger partial charge in [0.1, 0.15) is 6.61 Å². The summed E-state index contributed by atoms with van der Waals surface area (Å²) in [5, 5.41) is 8.91. The van der Waals surface area contributed by atoms with E-state index in [1.54, 1.807) is 0 Å². The summed E-state index contributed by atoms with van der Waals surface area (Å²) in [5.74, 6) is -5.70. The summed E-state index contributed by atoms with van der Waals surface area (Å²) in [6, 6.07) is 0. The van der Waals surface area contributed by atoms with E-state index in [9.17, 15) is 22.8 Å². The van der Waals surface area contributed by atoms with Crippen molar-refractivity contribution in [2.75, 3.05) is 19.7 Å². The van der Waals surface area contributed by atoms with Gasteiger partial charge in [0.2, 0.25) is 5.91 Å². The molecular formula is C14H21ClF3NO4. The zero-order valence-corrected chi connectivity index (χ0v) is 13.4. The van der Waals surface area contributed by atoms with Gasteiger partial charge in [-0.25, -0.2) is 0 Å². The Labute approximate surface area is 138 Å². The highest BCUT2D eigenvalue weighted by Gasteiger charge is 2.53. The lowest BCUT2D eigenvalue weighted by Crippen LogP contribution is -2.35. The van der Waals surface area contributed by atoms with Gasteiger partial charge in [0.05, 0.1) is 17.9 Å². The Bertz CT molecular complexity index is 427. The summed E-state index contributed by atoms with van der Waals surface area (Å²) in [6.45, 7) is -1.29. The highest BCUT2D eigenvalue weighted by atomic mass is 35.5. The molecule has 1 saturated carbocycles. The SMILES string of the molecule is Cl.O=C(O)[C@@H]1CN(C(=O)COC2CCCCC2)C[C@H]1C(F)(F)F. The van der Waals surface area contributed by atoms with Crippen LogP contribution in [0.1, 0.15) is 32.1 Å². The predicted molar refractivity (Wildman–Crippen MR) is 77.3 cm³/mol. The first-order valence-corrected chi connectivity index (χ1v) is 7.48. The quantitative estimate of drug-likeness (QED) is 0.837. The van der Waals surface area contributed by atoms with Crippen LogP contribution in [0.25, 0.3) is 0 Å². The van der Waals surface area contributed by atoms with E-state index < -0.39 is 43.0 Å². The second kappa shape index (κ2) is 8.19. The van der Waals surface area contributed by atoms with Gasteiger partial charge in [-0.1, -0.05) is 19.3 Å². The molecule has 1 aliphatic heterocycles. The molecule has 2 atom stereocenters. The van der Waals surface area contributed by atoms with Crippen LogP contribution in [-0.4, -0.2) is 53.9 Å². The topological polar surface area (TPSA) is 66.8 Å². The van der Waals surface area contributed by atoms with Gasteiger partial charge >= 0.3 is 12.1 Å². The second-order valence-corrected chi connectivity index (χ2v) is 5.96. The third kappa shape index (κ3) is 5.24. The molecule has 1 saturated heterocycles. The molecule has 2 fully saturated rings. The number of carbonyl (C=O) groups excluding carboxylic acids is 1. The standard InChI is InChI=1S/C14H20F3NO4.ClH/c15-14(16,17)11-7-18(6-10(11)13(20)21)12(19)8-22-9-4-2-1-3-5-9;/h9-11H,1-8H2,(H,20,21);1H/t10-,11-;/m1./s1. The first-order chi connectivity index (χ1) is 10.3. The van der Waals surface area contributed by atoms with Crippen molar-refractivity contribution in [3.05, 3.63) is 0 Å². The summed E-state index contributed by atoms with van der Waals surface area (Å²) in [7, 11) is 0. The number of likely N-dealkylation sites (tertiary alicyclic amines) is 1. The van der Waals surface area contributed by atoms with Crippen LogP contribution in [0.5, 0.6) is 0 Å². The summed E-state index contributed by atoms with van der Waals surface area (Å²) in [4.78, 5) is 23.9. The largest absolute Gasteiger partial charge is 0.481 e. The Hall–Kier alpha value is -1.02. The number of nitrogens with zero attached hydrogens (tertiary/aromatic N) is 1.